The van der Waals surface area contributed by atoms with Gasteiger partial charge in [-0.1, -0.05) is 53.6 Å². The molecule has 0 aliphatic heterocycles. The Morgan fingerprint density at radius 3 is 2.44 bits per heavy atom. The molecule has 178 valence electrons. The van der Waals surface area contributed by atoms with Gasteiger partial charge < -0.3 is 20.1 Å². The minimum Gasteiger partial charge on any atom is -0.491 e. The zero-order valence-electron chi connectivity index (χ0n) is 20.5. The number of hydrogen-bond donors (Lipinski definition) is 2. The summed E-state index contributed by atoms with van der Waals surface area (Å²) in [7, 11) is 3.98. The van der Waals surface area contributed by atoms with E-state index in [0.717, 1.165) is 28.9 Å². The monoisotopic (exact) mass is 458 g/mol. The number of carbonyl (C=O) groups excluding carboxylic acids is 1. The first kappa shape index (κ1) is 25.2. The van der Waals surface area contributed by atoms with Crippen molar-refractivity contribution in [3.05, 3.63) is 89.0 Å². The summed E-state index contributed by atoms with van der Waals surface area (Å²) in [6, 6.07) is 19.9. The van der Waals surface area contributed by atoms with Crippen LogP contribution in [0.25, 0.3) is 17.2 Å². The van der Waals surface area contributed by atoms with Gasteiger partial charge in [-0.3, -0.25) is 4.79 Å². The normalized spacial score (nSPS) is 11.2. The van der Waals surface area contributed by atoms with Crippen LogP contribution in [0.3, 0.4) is 0 Å². The zero-order chi connectivity index (χ0) is 24.5. The molecule has 0 amide bonds. The van der Waals surface area contributed by atoms with E-state index < -0.39 is 0 Å². The number of nitrogens with one attached hydrogen (secondary N) is 1. The molecule has 0 aliphatic rings. The molecule has 0 radical (unpaired) electrons. The molecule has 0 unspecified atom stereocenters. The van der Waals surface area contributed by atoms with Crippen LogP contribution in [-0.4, -0.2) is 56.2 Å². The van der Waals surface area contributed by atoms with Gasteiger partial charge in [0.25, 0.3) is 0 Å². The number of ether oxygens (including phenoxy) is 1. The maximum absolute atomic E-state index is 13.3. The standard InChI is InChI=1S/C29H34N2O3/c1-21-17-22(2)19-25(18-21)24-10-12-29(34-16-14-31(3)4)26(20-24)28(33)11-9-23-7-5-6-8-27(23)30-13-15-32/h5-12,17-20,30,32H,13-16H2,1-4H3. The SMILES string of the molecule is Cc1cc(C)cc(-c2ccc(OCCN(C)C)c(C(=O)C=Cc3ccccc3NCCO)c2)c1. The number of aliphatic hydroxyl groups excluding tert-OH is 1. The third kappa shape index (κ3) is 7.04. The topological polar surface area (TPSA) is 61.8 Å². The highest BCUT2D eigenvalue weighted by Crippen LogP contribution is 2.29. The molecule has 2 N–H and O–H groups in total. The third-order valence-electron chi connectivity index (χ3n) is 5.40. The average Bonchev–Trinajstić information content (AvgIpc) is 2.81. The number of para-hydroxylation sites is 1. The first-order valence-electron chi connectivity index (χ1n) is 11.5. The van der Waals surface area contributed by atoms with E-state index in [9.17, 15) is 4.79 Å². The first-order valence-corrected chi connectivity index (χ1v) is 11.5. The fourth-order valence-electron chi connectivity index (χ4n) is 3.76. The Labute approximate surface area is 202 Å². The number of likely N-dealkylation sites (N-methyl/N-ethyl adjacent to an activating group) is 1. The van der Waals surface area contributed by atoms with E-state index in [2.05, 4.69) is 37.4 Å². The van der Waals surface area contributed by atoms with Crippen LogP contribution < -0.4 is 10.1 Å². The highest BCUT2D eigenvalue weighted by atomic mass is 16.5. The van der Waals surface area contributed by atoms with Gasteiger partial charge in [-0.15, -0.1) is 0 Å². The van der Waals surface area contributed by atoms with Gasteiger partial charge in [0.15, 0.2) is 5.78 Å². The van der Waals surface area contributed by atoms with Gasteiger partial charge in [-0.2, -0.15) is 0 Å². The van der Waals surface area contributed by atoms with Gasteiger partial charge in [0, 0.05) is 18.8 Å². The van der Waals surface area contributed by atoms with Crippen molar-refractivity contribution in [2.75, 3.05) is 45.7 Å². The molecule has 0 saturated heterocycles. The molecule has 0 saturated carbocycles. The van der Waals surface area contributed by atoms with E-state index in [1.165, 1.54) is 11.1 Å². The predicted molar refractivity (Wildman–Crippen MR) is 141 cm³/mol. The number of ketones is 1. The number of allylic oxidation sites excluding steroid dienone is 1. The van der Waals surface area contributed by atoms with Crippen LogP contribution in [0, 0.1) is 13.8 Å². The lowest BCUT2D eigenvalue weighted by atomic mass is 9.97. The molecule has 3 aromatic carbocycles. The van der Waals surface area contributed by atoms with Crippen molar-refractivity contribution in [1.29, 1.82) is 0 Å². The van der Waals surface area contributed by atoms with E-state index in [1.54, 1.807) is 12.2 Å². The summed E-state index contributed by atoms with van der Waals surface area (Å²) in [6.45, 7) is 5.88. The smallest absolute Gasteiger partial charge is 0.189 e. The van der Waals surface area contributed by atoms with E-state index in [0.29, 0.717) is 24.5 Å². The molecule has 0 aromatic heterocycles. The zero-order valence-corrected chi connectivity index (χ0v) is 20.5. The number of nitrogens with zero attached hydrogens (tertiary/aromatic N) is 1. The Morgan fingerprint density at radius 2 is 1.74 bits per heavy atom. The molecular formula is C29H34N2O3. The summed E-state index contributed by atoms with van der Waals surface area (Å²) in [5.41, 5.74) is 6.70. The summed E-state index contributed by atoms with van der Waals surface area (Å²) in [5, 5.41) is 12.3. The number of rotatable bonds is 11. The van der Waals surface area contributed by atoms with Crippen molar-refractivity contribution in [3.63, 3.8) is 0 Å². The number of benzene rings is 3. The Hall–Kier alpha value is -3.41. The Balaban J connectivity index is 1.94. The van der Waals surface area contributed by atoms with E-state index in [4.69, 9.17) is 9.84 Å². The minimum atomic E-state index is -0.122. The first-order chi connectivity index (χ1) is 16.4. The van der Waals surface area contributed by atoms with Crippen molar-refractivity contribution in [2.45, 2.75) is 13.8 Å². The lowest BCUT2D eigenvalue weighted by Gasteiger charge is -2.15. The number of hydrogen-bond acceptors (Lipinski definition) is 5. The van der Waals surface area contributed by atoms with Gasteiger partial charge >= 0.3 is 0 Å². The van der Waals surface area contributed by atoms with E-state index >= 15 is 0 Å². The molecule has 0 spiro atoms. The van der Waals surface area contributed by atoms with Gasteiger partial charge in [0.05, 0.1) is 12.2 Å². The second-order valence-electron chi connectivity index (χ2n) is 8.67. The molecule has 3 aromatic rings. The lowest BCUT2D eigenvalue weighted by Crippen LogP contribution is -2.20. The van der Waals surface area contributed by atoms with Gasteiger partial charge in [-0.25, -0.2) is 0 Å². The maximum atomic E-state index is 13.3. The molecule has 0 bridgehead atoms. The fourth-order valence-corrected chi connectivity index (χ4v) is 3.76. The summed E-state index contributed by atoms with van der Waals surface area (Å²) < 4.78 is 6.00. The summed E-state index contributed by atoms with van der Waals surface area (Å²) in [6.07, 6.45) is 3.38. The van der Waals surface area contributed by atoms with Crippen molar-refractivity contribution in [2.24, 2.45) is 0 Å². The molecule has 0 heterocycles. The van der Waals surface area contributed by atoms with Crippen LogP contribution in [0.15, 0.2) is 66.7 Å². The number of aliphatic hydroxyl groups is 1. The van der Waals surface area contributed by atoms with Gasteiger partial charge in [0.2, 0.25) is 0 Å². The number of aryl methyl sites for hydroxylation is 2. The van der Waals surface area contributed by atoms with Crippen LogP contribution in [-0.2, 0) is 0 Å². The van der Waals surface area contributed by atoms with Gasteiger partial charge in [0.1, 0.15) is 12.4 Å². The molecule has 0 fully saturated rings. The molecule has 5 nitrogen and oxygen atoms in total. The van der Waals surface area contributed by atoms with Crippen LogP contribution >= 0.6 is 0 Å². The Morgan fingerprint density at radius 1 is 1.00 bits per heavy atom. The molecule has 0 atom stereocenters. The highest BCUT2D eigenvalue weighted by molar-refractivity contribution is 6.09. The minimum absolute atomic E-state index is 0.0376. The van der Waals surface area contributed by atoms with Crippen LogP contribution in [0.1, 0.15) is 27.0 Å². The van der Waals surface area contributed by atoms with Gasteiger partial charge in [-0.05, 0) is 75.0 Å². The number of carbonyl (C=O) groups is 1. The summed E-state index contributed by atoms with van der Waals surface area (Å²) >= 11 is 0. The predicted octanol–water partition coefficient (Wildman–Crippen LogP) is 5.21. The van der Waals surface area contributed by atoms with Crippen molar-refractivity contribution in [1.82, 2.24) is 4.90 Å². The van der Waals surface area contributed by atoms with E-state index in [1.807, 2.05) is 61.5 Å². The Kier molecular flexibility index (Phi) is 9.02. The van der Waals surface area contributed by atoms with Crippen LogP contribution in [0.5, 0.6) is 5.75 Å². The average molecular weight is 459 g/mol. The third-order valence-corrected chi connectivity index (χ3v) is 5.40. The maximum Gasteiger partial charge on any atom is 0.189 e. The lowest BCUT2D eigenvalue weighted by molar-refractivity contribution is 0.104. The molecule has 3 rings (SSSR count). The molecule has 5 heteroatoms. The van der Waals surface area contributed by atoms with Crippen LogP contribution in [0.2, 0.25) is 0 Å². The van der Waals surface area contributed by atoms with Crippen molar-refractivity contribution < 1.29 is 14.6 Å². The fraction of sp³-hybridized carbons (Fsp3) is 0.276. The van der Waals surface area contributed by atoms with Crippen LogP contribution in [0.4, 0.5) is 5.69 Å². The molecular weight excluding hydrogens is 424 g/mol. The quantitative estimate of drug-likeness (QED) is 0.305. The van der Waals surface area contributed by atoms with E-state index in [-0.39, 0.29) is 12.4 Å². The number of anilines is 1. The Bertz CT molecular complexity index is 1130. The second kappa shape index (κ2) is 12.2. The van der Waals surface area contributed by atoms with Crippen molar-refractivity contribution in [3.8, 4) is 16.9 Å². The molecule has 0 aliphatic carbocycles. The summed E-state index contributed by atoms with van der Waals surface area (Å²) in [4.78, 5) is 15.4. The van der Waals surface area contributed by atoms with Crippen molar-refractivity contribution >= 4 is 17.5 Å². The molecule has 34 heavy (non-hydrogen) atoms. The second-order valence-corrected chi connectivity index (χ2v) is 8.67. The summed E-state index contributed by atoms with van der Waals surface area (Å²) in [5.74, 6) is 0.458. The largest absolute Gasteiger partial charge is 0.491 e. The highest BCUT2D eigenvalue weighted by Gasteiger charge is 2.13.